The number of pyridine rings is 1. The van der Waals surface area contributed by atoms with Gasteiger partial charge in [-0.1, -0.05) is 50.7 Å². The van der Waals surface area contributed by atoms with E-state index < -0.39 is 21.1 Å². The minimum atomic E-state index is -2.23. The molecule has 0 radical (unpaired) electrons. The van der Waals surface area contributed by atoms with E-state index in [1.165, 1.54) is 0 Å². The number of halogens is 4. The predicted octanol–water partition coefficient (Wildman–Crippen LogP) is 6.29. The van der Waals surface area contributed by atoms with Crippen molar-refractivity contribution < 1.29 is 18.7 Å². The van der Waals surface area contributed by atoms with Gasteiger partial charge >= 0.3 is 0 Å². The molecule has 3 heterocycles. The molecule has 1 aliphatic heterocycles. The van der Waals surface area contributed by atoms with Crippen molar-refractivity contribution in [3.05, 3.63) is 56.9 Å². The van der Waals surface area contributed by atoms with Crippen LogP contribution in [0.4, 0.5) is 5.69 Å². The van der Waals surface area contributed by atoms with Crippen LogP contribution in [0.5, 0.6) is 0 Å². The van der Waals surface area contributed by atoms with E-state index in [-0.39, 0.29) is 17.2 Å². The molecule has 10 heteroatoms. The number of aryl methyl sites for hydroxylation is 1. The second-order valence-electron chi connectivity index (χ2n) is 8.15. The standard InChI is InChI=1S/C22H18BrCl3N2O4/c1-10-14-9-31-21(2,3)8-13(14)15-16(28-20(30)22(24,25)26)18(32-19(15)27-10)17(29)11-4-6-12(23)7-5-11/h4-7H,8-9H2,1-3H3,(H,28,30). The first-order valence-corrected chi connectivity index (χ1v) is 11.6. The third-order valence-electron chi connectivity index (χ3n) is 5.28. The Bertz CT molecular complexity index is 1250. The molecule has 6 nitrogen and oxygen atoms in total. The first-order chi connectivity index (χ1) is 14.9. The number of ketones is 1. The Morgan fingerprint density at radius 3 is 2.44 bits per heavy atom. The number of aromatic nitrogens is 1. The molecule has 0 aliphatic carbocycles. The molecule has 0 atom stereocenters. The van der Waals surface area contributed by atoms with Gasteiger partial charge in [0.05, 0.1) is 17.6 Å². The molecule has 1 aromatic carbocycles. The molecule has 0 saturated carbocycles. The molecule has 1 N–H and O–H groups in total. The summed E-state index contributed by atoms with van der Waals surface area (Å²) in [6.45, 7) is 6.12. The Kier molecular flexibility index (Phi) is 6.09. The number of ether oxygens (including phenoxy) is 1. The average molecular weight is 561 g/mol. The third-order valence-corrected chi connectivity index (χ3v) is 6.32. The smallest absolute Gasteiger partial charge is 0.276 e. The lowest BCUT2D eigenvalue weighted by Gasteiger charge is -2.32. The molecule has 1 aliphatic rings. The molecule has 0 spiro atoms. The molecule has 0 fully saturated rings. The molecular weight excluding hydrogens is 543 g/mol. The minimum absolute atomic E-state index is 0.0884. The summed E-state index contributed by atoms with van der Waals surface area (Å²) < 4.78 is 10.4. The fourth-order valence-electron chi connectivity index (χ4n) is 3.69. The Balaban J connectivity index is 1.97. The maximum atomic E-state index is 13.3. The summed E-state index contributed by atoms with van der Waals surface area (Å²) in [6, 6.07) is 6.76. The number of carbonyl (C=O) groups is 2. The van der Waals surface area contributed by atoms with Gasteiger partial charge in [-0.15, -0.1) is 0 Å². The third kappa shape index (κ3) is 4.41. The second kappa shape index (κ2) is 8.29. The van der Waals surface area contributed by atoms with Crippen molar-refractivity contribution in [2.24, 2.45) is 0 Å². The summed E-state index contributed by atoms with van der Waals surface area (Å²) in [5.41, 5.74) is 2.73. The minimum Gasteiger partial charge on any atom is -0.432 e. The van der Waals surface area contributed by atoms with Crippen LogP contribution in [0.1, 0.15) is 46.8 Å². The van der Waals surface area contributed by atoms with Gasteiger partial charge in [0, 0.05) is 27.7 Å². The molecule has 168 valence electrons. The van der Waals surface area contributed by atoms with Crippen molar-refractivity contribution in [1.29, 1.82) is 0 Å². The van der Waals surface area contributed by atoms with Gasteiger partial charge in [-0.25, -0.2) is 4.98 Å². The number of furan rings is 1. The maximum absolute atomic E-state index is 13.3. The lowest BCUT2D eigenvalue weighted by atomic mass is 9.89. The first kappa shape index (κ1) is 23.5. The van der Waals surface area contributed by atoms with Gasteiger partial charge in [0.25, 0.3) is 9.70 Å². The molecule has 32 heavy (non-hydrogen) atoms. The molecule has 2 aromatic heterocycles. The summed E-state index contributed by atoms with van der Waals surface area (Å²) in [6.07, 6.45) is 0.518. The number of benzene rings is 1. The number of amides is 1. The van der Waals surface area contributed by atoms with E-state index in [1.807, 2.05) is 20.8 Å². The fraction of sp³-hybridized carbons (Fsp3) is 0.318. The largest absolute Gasteiger partial charge is 0.432 e. The Morgan fingerprint density at radius 1 is 1.16 bits per heavy atom. The Hall–Kier alpha value is -1.64. The highest BCUT2D eigenvalue weighted by atomic mass is 79.9. The SMILES string of the molecule is Cc1nc2oc(C(=O)c3ccc(Br)cc3)c(NC(=O)C(Cl)(Cl)Cl)c2c2c1COC(C)(C)C2. The number of carbonyl (C=O) groups excluding carboxylic acids is 2. The zero-order valence-corrected chi connectivity index (χ0v) is 21.2. The molecule has 0 bridgehead atoms. The van der Waals surface area contributed by atoms with E-state index in [0.717, 1.165) is 21.3 Å². The molecule has 4 rings (SSSR count). The van der Waals surface area contributed by atoms with Gasteiger partial charge in [0.15, 0.2) is 0 Å². The molecule has 0 saturated heterocycles. The van der Waals surface area contributed by atoms with Gasteiger partial charge in [-0.3, -0.25) is 9.59 Å². The number of alkyl halides is 3. The van der Waals surface area contributed by atoms with Gasteiger partial charge in [0.2, 0.25) is 17.3 Å². The van der Waals surface area contributed by atoms with Gasteiger partial charge in [0.1, 0.15) is 5.69 Å². The van der Waals surface area contributed by atoms with Crippen LogP contribution in [0.2, 0.25) is 0 Å². The Labute approximate surface area is 207 Å². The maximum Gasteiger partial charge on any atom is 0.276 e. The molecule has 3 aromatic rings. The summed E-state index contributed by atoms with van der Waals surface area (Å²) in [4.78, 5) is 30.5. The number of nitrogens with zero attached hydrogens (tertiary/aromatic N) is 1. The van der Waals surface area contributed by atoms with E-state index >= 15 is 0 Å². The van der Waals surface area contributed by atoms with Gasteiger partial charge in [-0.2, -0.15) is 0 Å². The first-order valence-electron chi connectivity index (χ1n) is 9.64. The second-order valence-corrected chi connectivity index (χ2v) is 11.4. The zero-order valence-electron chi connectivity index (χ0n) is 17.3. The highest BCUT2D eigenvalue weighted by Crippen LogP contribution is 2.41. The van der Waals surface area contributed by atoms with Gasteiger partial charge < -0.3 is 14.5 Å². The topological polar surface area (TPSA) is 81.4 Å². The van der Waals surface area contributed by atoms with Gasteiger partial charge in [-0.05, 0) is 50.6 Å². The zero-order chi connectivity index (χ0) is 23.4. The van der Waals surface area contributed by atoms with Crippen molar-refractivity contribution in [3.8, 4) is 0 Å². The summed E-state index contributed by atoms with van der Waals surface area (Å²) in [7, 11) is 0. The van der Waals surface area contributed by atoms with Crippen molar-refractivity contribution in [2.45, 2.75) is 43.2 Å². The van der Waals surface area contributed by atoms with Crippen LogP contribution < -0.4 is 5.32 Å². The number of fused-ring (bicyclic) bond motifs is 3. The summed E-state index contributed by atoms with van der Waals surface area (Å²) in [5.74, 6) is -1.43. The summed E-state index contributed by atoms with van der Waals surface area (Å²) in [5, 5.41) is 3.10. The molecular formula is C22H18BrCl3N2O4. The number of nitrogens with one attached hydrogen (secondary N) is 1. The van der Waals surface area contributed by atoms with Crippen molar-refractivity contribution in [1.82, 2.24) is 4.98 Å². The highest BCUT2D eigenvalue weighted by Gasteiger charge is 2.37. The quantitative estimate of drug-likeness (QED) is 0.301. The van der Waals surface area contributed by atoms with Crippen molar-refractivity contribution in [2.75, 3.05) is 5.32 Å². The van der Waals surface area contributed by atoms with Crippen LogP contribution >= 0.6 is 50.7 Å². The van der Waals surface area contributed by atoms with E-state index in [0.29, 0.717) is 24.0 Å². The number of rotatable bonds is 3. The number of anilines is 1. The van der Waals surface area contributed by atoms with Crippen LogP contribution in [0.25, 0.3) is 11.1 Å². The van der Waals surface area contributed by atoms with Crippen LogP contribution in [0.15, 0.2) is 33.2 Å². The van der Waals surface area contributed by atoms with Crippen molar-refractivity contribution in [3.63, 3.8) is 0 Å². The Morgan fingerprint density at radius 2 is 1.81 bits per heavy atom. The lowest BCUT2D eigenvalue weighted by Crippen LogP contribution is -2.33. The molecule has 1 amide bonds. The van der Waals surface area contributed by atoms with E-state index in [1.54, 1.807) is 24.3 Å². The molecule has 0 unspecified atom stereocenters. The van der Waals surface area contributed by atoms with Crippen LogP contribution in [0.3, 0.4) is 0 Å². The summed E-state index contributed by atoms with van der Waals surface area (Å²) >= 11 is 20.7. The van der Waals surface area contributed by atoms with E-state index in [4.69, 9.17) is 44.0 Å². The van der Waals surface area contributed by atoms with Crippen molar-refractivity contribution >= 4 is 79.2 Å². The van der Waals surface area contributed by atoms with E-state index in [2.05, 4.69) is 26.2 Å². The monoisotopic (exact) mass is 558 g/mol. The fourth-order valence-corrected chi connectivity index (χ4v) is 4.10. The normalized spacial score (nSPS) is 15.5. The van der Waals surface area contributed by atoms with Crippen LogP contribution in [0, 0.1) is 6.92 Å². The predicted molar refractivity (Wildman–Crippen MR) is 128 cm³/mol. The van der Waals surface area contributed by atoms with Crippen LogP contribution in [-0.4, -0.2) is 26.1 Å². The van der Waals surface area contributed by atoms with E-state index in [9.17, 15) is 9.59 Å². The van der Waals surface area contributed by atoms with Crippen LogP contribution in [-0.2, 0) is 22.6 Å². The number of hydrogen-bond donors (Lipinski definition) is 1. The number of hydrogen-bond acceptors (Lipinski definition) is 5. The average Bonchev–Trinajstić information content (AvgIpc) is 3.04. The lowest BCUT2D eigenvalue weighted by molar-refractivity contribution is -0.115. The highest BCUT2D eigenvalue weighted by molar-refractivity contribution is 9.10.